The number of urea groups is 1. The largest absolute Gasteiger partial charge is 0.376 e. The lowest BCUT2D eigenvalue weighted by Crippen LogP contribution is -2.46. The van der Waals surface area contributed by atoms with E-state index in [4.69, 9.17) is 9.88 Å². The molecule has 0 bridgehead atoms. The number of primary sulfonamides is 1. The number of benzene rings is 1. The Balaban J connectivity index is 1.90. The fourth-order valence-corrected chi connectivity index (χ4v) is 3.08. The number of carbonyl (C=O) groups excluding carboxylic acids is 1. The van der Waals surface area contributed by atoms with E-state index in [2.05, 4.69) is 10.6 Å². The molecule has 7 nitrogen and oxygen atoms in total. The zero-order valence-electron chi connectivity index (χ0n) is 13.3. The van der Waals surface area contributed by atoms with Gasteiger partial charge in [0.05, 0.1) is 23.1 Å². The van der Waals surface area contributed by atoms with Crippen molar-refractivity contribution in [3.8, 4) is 0 Å². The zero-order chi connectivity index (χ0) is 17.0. The molecule has 1 saturated heterocycles. The monoisotopic (exact) mass is 341 g/mol. The molecule has 0 unspecified atom stereocenters. The van der Waals surface area contributed by atoms with Crippen LogP contribution in [-0.4, -0.2) is 33.2 Å². The van der Waals surface area contributed by atoms with Gasteiger partial charge in [0.1, 0.15) is 0 Å². The summed E-state index contributed by atoms with van der Waals surface area (Å²) in [4.78, 5) is 12.1. The highest BCUT2D eigenvalue weighted by Gasteiger charge is 2.24. The first-order chi connectivity index (χ1) is 10.8. The molecule has 1 aliphatic rings. The number of hydrogen-bond donors (Lipinski definition) is 3. The van der Waals surface area contributed by atoms with Crippen LogP contribution in [0.4, 0.5) is 4.79 Å². The Kier molecular flexibility index (Phi) is 5.61. The molecule has 2 rings (SSSR count). The summed E-state index contributed by atoms with van der Waals surface area (Å²) in [5.74, 6) is 0. The average Bonchev–Trinajstić information content (AvgIpc) is 3.00. The summed E-state index contributed by atoms with van der Waals surface area (Å²) in [6.45, 7) is 4.48. The summed E-state index contributed by atoms with van der Waals surface area (Å²) in [5.41, 5.74) is 0.789. The van der Waals surface area contributed by atoms with Crippen molar-refractivity contribution in [2.24, 2.45) is 5.14 Å². The Hall–Kier alpha value is -1.64. The van der Waals surface area contributed by atoms with Gasteiger partial charge in [-0.3, -0.25) is 0 Å². The molecule has 2 amide bonds. The average molecular weight is 341 g/mol. The van der Waals surface area contributed by atoms with Gasteiger partial charge in [-0.05, 0) is 44.4 Å². The Labute approximate surface area is 136 Å². The highest BCUT2D eigenvalue weighted by Crippen LogP contribution is 2.17. The lowest BCUT2D eigenvalue weighted by Gasteiger charge is -2.22. The minimum atomic E-state index is -3.71. The third kappa shape index (κ3) is 4.92. The first-order valence-corrected chi connectivity index (χ1v) is 9.13. The van der Waals surface area contributed by atoms with Gasteiger partial charge < -0.3 is 15.4 Å². The molecule has 0 aromatic heterocycles. The molecule has 1 aromatic rings. The number of rotatable bonds is 5. The number of nitrogens with one attached hydrogen (secondary N) is 2. The second-order valence-corrected chi connectivity index (χ2v) is 7.36. The van der Waals surface area contributed by atoms with Crippen molar-refractivity contribution in [2.45, 2.75) is 49.8 Å². The number of sulfonamides is 1. The smallest absolute Gasteiger partial charge is 0.315 e. The van der Waals surface area contributed by atoms with E-state index in [-0.39, 0.29) is 29.1 Å². The second kappa shape index (κ2) is 7.29. The normalized spacial score (nSPS) is 20.7. The fraction of sp³-hybridized carbons (Fsp3) is 0.533. The Morgan fingerprint density at radius 3 is 2.43 bits per heavy atom. The fourth-order valence-electron chi connectivity index (χ4n) is 2.56. The third-order valence-corrected chi connectivity index (χ3v) is 4.87. The molecule has 0 spiro atoms. The van der Waals surface area contributed by atoms with Crippen molar-refractivity contribution >= 4 is 16.1 Å². The molecule has 0 aliphatic carbocycles. The van der Waals surface area contributed by atoms with Crippen LogP contribution in [0.2, 0.25) is 0 Å². The van der Waals surface area contributed by atoms with Crippen LogP contribution in [-0.2, 0) is 14.8 Å². The maximum atomic E-state index is 12.0. The molecule has 128 valence electrons. The summed E-state index contributed by atoms with van der Waals surface area (Å²) >= 11 is 0. The molecule has 0 radical (unpaired) electrons. The van der Waals surface area contributed by atoms with Gasteiger partial charge in [-0.25, -0.2) is 18.4 Å². The standard InChI is InChI=1S/C15H23N3O4S/c1-10(12-5-7-13(8-6-12)23(16,20)21)17-15(19)18-11(2)14-4-3-9-22-14/h5-8,10-11,14H,3-4,9H2,1-2H3,(H2,16,20,21)(H2,17,18,19)/t10-,11+,14-/m0/s1. The predicted octanol–water partition coefficient (Wildman–Crippen LogP) is 1.26. The van der Waals surface area contributed by atoms with E-state index in [0.717, 1.165) is 25.0 Å². The van der Waals surface area contributed by atoms with Crippen LogP contribution in [0.5, 0.6) is 0 Å². The molecule has 1 heterocycles. The minimum Gasteiger partial charge on any atom is -0.376 e. The van der Waals surface area contributed by atoms with Crippen LogP contribution in [0.1, 0.15) is 38.3 Å². The van der Waals surface area contributed by atoms with Crippen molar-refractivity contribution in [3.05, 3.63) is 29.8 Å². The molecule has 1 aromatic carbocycles. The van der Waals surface area contributed by atoms with E-state index < -0.39 is 10.0 Å². The summed E-state index contributed by atoms with van der Waals surface area (Å²) < 4.78 is 28.0. The second-order valence-electron chi connectivity index (χ2n) is 5.79. The van der Waals surface area contributed by atoms with Crippen LogP contribution in [0, 0.1) is 0 Å². The van der Waals surface area contributed by atoms with Crippen molar-refractivity contribution in [3.63, 3.8) is 0 Å². The van der Waals surface area contributed by atoms with Gasteiger partial charge in [-0.2, -0.15) is 0 Å². The first kappa shape index (κ1) is 17.7. The summed E-state index contributed by atoms with van der Waals surface area (Å²) in [6.07, 6.45) is 2.03. The van der Waals surface area contributed by atoms with Gasteiger partial charge in [0, 0.05) is 6.61 Å². The maximum absolute atomic E-state index is 12.0. The molecular formula is C15H23N3O4S. The van der Waals surface area contributed by atoms with Crippen LogP contribution in [0.25, 0.3) is 0 Å². The lowest BCUT2D eigenvalue weighted by molar-refractivity contribution is 0.0859. The number of ether oxygens (including phenoxy) is 1. The third-order valence-electron chi connectivity index (χ3n) is 3.94. The number of nitrogens with two attached hydrogens (primary N) is 1. The van der Waals surface area contributed by atoms with Crippen LogP contribution in [0.3, 0.4) is 0 Å². The Morgan fingerprint density at radius 2 is 1.91 bits per heavy atom. The van der Waals surface area contributed by atoms with E-state index in [1.807, 2.05) is 13.8 Å². The van der Waals surface area contributed by atoms with E-state index in [9.17, 15) is 13.2 Å². The van der Waals surface area contributed by atoms with Gasteiger partial charge >= 0.3 is 6.03 Å². The molecule has 1 fully saturated rings. The van der Waals surface area contributed by atoms with E-state index >= 15 is 0 Å². The predicted molar refractivity (Wildman–Crippen MR) is 86.3 cm³/mol. The molecule has 8 heteroatoms. The van der Waals surface area contributed by atoms with Crippen molar-refractivity contribution in [1.82, 2.24) is 10.6 Å². The van der Waals surface area contributed by atoms with Crippen molar-refractivity contribution in [2.75, 3.05) is 6.61 Å². The topological polar surface area (TPSA) is 111 Å². The Morgan fingerprint density at radius 1 is 1.26 bits per heavy atom. The van der Waals surface area contributed by atoms with E-state index in [0.29, 0.717) is 0 Å². The number of amides is 2. The summed E-state index contributed by atoms with van der Waals surface area (Å²) in [6, 6.07) is 5.51. The Bertz CT molecular complexity index is 639. The van der Waals surface area contributed by atoms with Gasteiger partial charge in [0.25, 0.3) is 0 Å². The highest BCUT2D eigenvalue weighted by atomic mass is 32.2. The number of carbonyl (C=O) groups is 1. The summed E-state index contributed by atoms with van der Waals surface area (Å²) in [5, 5.41) is 10.7. The van der Waals surface area contributed by atoms with Crippen LogP contribution >= 0.6 is 0 Å². The van der Waals surface area contributed by atoms with E-state index in [1.165, 1.54) is 12.1 Å². The van der Waals surface area contributed by atoms with Crippen LogP contribution in [0.15, 0.2) is 29.2 Å². The van der Waals surface area contributed by atoms with Gasteiger partial charge in [0.2, 0.25) is 10.0 Å². The lowest BCUT2D eigenvalue weighted by atomic mass is 10.1. The SMILES string of the molecule is C[C@H](NC(=O)N[C@H](C)[C@@H]1CCCO1)c1ccc(S(N)(=O)=O)cc1. The van der Waals surface area contributed by atoms with Crippen molar-refractivity contribution in [1.29, 1.82) is 0 Å². The van der Waals surface area contributed by atoms with Gasteiger partial charge in [-0.15, -0.1) is 0 Å². The molecule has 4 N–H and O–H groups in total. The maximum Gasteiger partial charge on any atom is 0.315 e. The summed E-state index contributed by atoms with van der Waals surface area (Å²) in [7, 11) is -3.71. The quantitative estimate of drug-likeness (QED) is 0.749. The molecule has 3 atom stereocenters. The van der Waals surface area contributed by atoms with Gasteiger partial charge in [-0.1, -0.05) is 12.1 Å². The highest BCUT2D eigenvalue weighted by molar-refractivity contribution is 7.89. The zero-order valence-corrected chi connectivity index (χ0v) is 14.1. The van der Waals surface area contributed by atoms with E-state index in [1.54, 1.807) is 12.1 Å². The number of hydrogen-bond acceptors (Lipinski definition) is 4. The first-order valence-electron chi connectivity index (χ1n) is 7.59. The van der Waals surface area contributed by atoms with Gasteiger partial charge in [0.15, 0.2) is 0 Å². The molecule has 23 heavy (non-hydrogen) atoms. The minimum absolute atomic E-state index is 0.0462. The molecule has 1 aliphatic heterocycles. The molecular weight excluding hydrogens is 318 g/mol. The van der Waals surface area contributed by atoms with Crippen LogP contribution < -0.4 is 15.8 Å². The van der Waals surface area contributed by atoms with Crippen molar-refractivity contribution < 1.29 is 17.9 Å². The molecule has 0 saturated carbocycles.